The van der Waals surface area contributed by atoms with Gasteiger partial charge in [0.05, 0.1) is 12.8 Å². The van der Waals surface area contributed by atoms with E-state index in [2.05, 4.69) is 4.98 Å². The molecule has 0 aliphatic heterocycles. The Labute approximate surface area is 127 Å². The Morgan fingerprint density at radius 1 is 1.24 bits per heavy atom. The zero-order valence-corrected chi connectivity index (χ0v) is 12.3. The minimum atomic E-state index is -0.0714. The number of aliphatic hydroxyl groups excluding tert-OH is 1. The summed E-state index contributed by atoms with van der Waals surface area (Å²) < 4.78 is 7.58. The summed E-state index contributed by atoms with van der Waals surface area (Å²) in [5.41, 5.74) is 0.786. The number of hydrogen-bond donors (Lipinski definition) is 1. The highest BCUT2D eigenvalue weighted by molar-refractivity contribution is 6.29. The number of ether oxygens (including phenoxy) is 1. The summed E-state index contributed by atoms with van der Waals surface area (Å²) in [7, 11) is 1.83. The van der Waals surface area contributed by atoms with E-state index < -0.39 is 0 Å². The zero-order valence-electron chi connectivity index (χ0n) is 11.6. The third-order valence-electron chi connectivity index (χ3n) is 3.54. The molecule has 0 amide bonds. The van der Waals surface area contributed by atoms with Crippen molar-refractivity contribution in [2.45, 2.75) is 13.2 Å². The molecule has 2 aromatic carbocycles. The number of imidazole rings is 1. The monoisotopic (exact) mass is 302 g/mol. The number of halogens is 1. The molecule has 0 radical (unpaired) electrons. The zero-order chi connectivity index (χ0) is 14.8. The summed E-state index contributed by atoms with van der Waals surface area (Å²) in [5, 5.41) is 12.3. The molecule has 108 valence electrons. The van der Waals surface area contributed by atoms with Crippen LogP contribution in [0.3, 0.4) is 0 Å². The fourth-order valence-corrected chi connectivity index (χ4v) is 2.46. The maximum Gasteiger partial charge on any atom is 0.147 e. The van der Waals surface area contributed by atoms with Crippen molar-refractivity contribution < 1.29 is 9.84 Å². The van der Waals surface area contributed by atoms with Crippen LogP contribution >= 0.6 is 11.6 Å². The predicted molar refractivity (Wildman–Crippen MR) is 82.4 cm³/mol. The molecule has 0 atom stereocenters. The molecule has 1 heterocycles. The van der Waals surface area contributed by atoms with Gasteiger partial charge in [-0.05, 0) is 16.8 Å². The van der Waals surface area contributed by atoms with Crippen molar-refractivity contribution >= 4 is 22.4 Å². The lowest BCUT2D eigenvalue weighted by atomic mass is 10.0. The Morgan fingerprint density at radius 3 is 2.76 bits per heavy atom. The predicted octanol–water partition coefficient (Wildman–Crippen LogP) is 3.30. The van der Waals surface area contributed by atoms with Gasteiger partial charge in [-0.15, -0.1) is 0 Å². The fraction of sp³-hybridized carbons (Fsp3) is 0.188. The first-order valence-corrected chi connectivity index (χ1v) is 6.99. The van der Waals surface area contributed by atoms with Crippen LogP contribution in [0.25, 0.3) is 10.8 Å². The summed E-state index contributed by atoms with van der Waals surface area (Å²) in [6, 6.07) is 11.8. The summed E-state index contributed by atoms with van der Waals surface area (Å²) >= 11 is 5.95. The molecule has 4 nitrogen and oxygen atoms in total. The van der Waals surface area contributed by atoms with E-state index in [1.54, 1.807) is 10.8 Å². The van der Waals surface area contributed by atoms with Gasteiger partial charge in [-0.1, -0.05) is 41.9 Å². The number of hydrogen-bond acceptors (Lipinski definition) is 3. The lowest BCUT2D eigenvalue weighted by molar-refractivity contribution is 0.256. The normalized spacial score (nSPS) is 11.0. The Morgan fingerprint density at radius 2 is 2.05 bits per heavy atom. The number of fused-ring (bicyclic) bond motifs is 1. The van der Waals surface area contributed by atoms with Crippen LogP contribution in [0.15, 0.2) is 42.6 Å². The highest BCUT2D eigenvalue weighted by atomic mass is 35.5. The molecule has 0 saturated heterocycles. The minimum Gasteiger partial charge on any atom is -0.485 e. The first-order valence-electron chi connectivity index (χ1n) is 6.61. The van der Waals surface area contributed by atoms with E-state index in [-0.39, 0.29) is 6.61 Å². The molecule has 1 N–H and O–H groups in total. The van der Waals surface area contributed by atoms with E-state index in [0.717, 1.165) is 22.2 Å². The van der Waals surface area contributed by atoms with Crippen molar-refractivity contribution in [1.82, 2.24) is 9.55 Å². The van der Waals surface area contributed by atoms with Crippen molar-refractivity contribution in [2.24, 2.45) is 7.05 Å². The Kier molecular flexibility index (Phi) is 3.82. The maximum atomic E-state index is 9.65. The Bertz CT molecular complexity index is 783. The van der Waals surface area contributed by atoms with Crippen LogP contribution in [-0.4, -0.2) is 14.7 Å². The first-order chi connectivity index (χ1) is 10.2. The average Bonchev–Trinajstić information content (AvgIpc) is 2.84. The lowest BCUT2D eigenvalue weighted by Crippen LogP contribution is -2.05. The van der Waals surface area contributed by atoms with Crippen LogP contribution in [-0.2, 0) is 20.3 Å². The van der Waals surface area contributed by atoms with Gasteiger partial charge in [-0.2, -0.15) is 0 Å². The van der Waals surface area contributed by atoms with E-state index in [4.69, 9.17) is 16.3 Å². The molecule has 0 aliphatic rings. The molecule has 0 saturated carbocycles. The van der Waals surface area contributed by atoms with Crippen molar-refractivity contribution in [2.75, 3.05) is 0 Å². The van der Waals surface area contributed by atoms with E-state index in [1.807, 2.05) is 43.4 Å². The van der Waals surface area contributed by atoms with Crippen molar-refractivity contribution in [3.8, 4) is 5.75 Å². The highest BCUT2D eigenvalue weighted by Crippen LogP contribution is 2.28. The molecule has 0 spiro atoms. The molecule has 0 bridgehead atoms. The third-order valence-corrected chi connectivity index (χ3v) is 3.89. The van der Waals surface area contributed by atoms with E-state index in [0.29, 0.717) is 17.5 Å². The molecule has 3 rings (SSSR count). The van der Waals surface area contributed by atoms with Gasteiger partial charge in [0.15, 0.2) is 0 Å². The highest BCUT2D eigenvalue weighted by Gasteiger charge is 2.10. The van der Waals surface area contributed by atoms with Gasteiger partial charge in [0.1, 0.15) is 23.3 Å². The lowest BCUT2D eigenvalue weighted by Gasteiger charge is -2.12. The third kappa shape index (κ3) is 2.60. The topological polar surface area (TPSA) is 47.3 Å². The standard InChI is InChI=1S/C16H15ClN2O2/c1-19-15(17)8-18-16(19)10-21-14-7-6-11-4-2-3-5-12(11)13(14)9-20/h2-8,20H,9-10H2,1H3. The Balaban J connectivity index is 1.92. The second kappa shape index (κ2) is 5.76. The van der Waals surface area contributed by atoms with E-state index >= 15 is 0 Å². The fourth-order valence-electron chi connectivity index (χ4n) is 2.31. The molecule has 3 aromatic rings. The van der Waals surface area contributed by atoms with Gasteiger partial charge in [0, 0.05) is 12.6 Å². The summed E-state index contributed by atoms with van der Waals surface area (Å²) in [5.74, 6) is 1.40. The minimum absolute atomic E-state index is 0.0714. The summed E-state index contributed by atoms with van der Waals surface area (Å²) in [4.78, 5) is 4.19. The van der Waals surface area contributed by atoms with Gasteiger partial charge in [-0.25, -0.2) is 4.98 Å². The summed E-state index contributed by atoms with van der Waals surface area (Å²) in [6.45, 7) is 0.229. The molecule has 21 heavy (non-hydrogen) atoms. The first kappa shape index (κ1) is 13.9. The van der Waals surface area contributed by atoms with Crippen molar-refractivity contribution in [3.63, 3.8) is 0 Å². The van der Waals surface area contributed by atoms with Gasteiger partial charge >= 0.3 is 0 Å². The molecule has 5 heteroatoms. The van der Waals surface area contributed by atoms with Gasteiger partial charge in [0.25, 0.3) is 0 Å². The van der Waals surface area contributed by atoms with Gasteiger partial charge in [-0.3, -0.25) is 0 Å². The van der Waals surface area contributed by atoms with Crippen LogP contribution in [0, 0.1) is 0 Å². The summed E-state index contributed by atoms with van der Waals surface area (Å²) in [6.07, 6.45) is 1.59. The SMILES string of the molecule is Cn1c(Cl)cnc1COc1ccc2ccccc2c1CO. The van der Waals surface area contributed by atoms with Gasteiger partial charge in [0.2, 0.25) is 0 Å². The number of benzene rings is 2. The average molecular weight is 303 g/mol. The van der Waals surface area contributed by atoms with E-state index in [9.17, 15) is 5.11 Å². The number of nitrogens with zero attached hydrogens (tertiary/aromatic N) is 2. The molecule has 0 unspecified atom stereocenters. The molecular formula is C16H15ClN2O2. The van der Waals surface area contributed by atoms with Crippen molar-refractivity contribution in [3.05, 3.63) is 59.1 Å². The number of rotatable bonds is 4. The maximum absolute atomic E-state index is 9.65. The van der Waals surface area contributed by atoms with Crippen LogP contribution in [0.2, 0.25) is 5.15 Å². The quantitative estimate of drug-likeness (QED) is 0.804. The molecule has 1 aromatic heterocycles. The van der Waals surface area contributed by atoms with Gasteiger partial charge < -0.3 is 14.4 Å². The second-order valence-electron chi connectivity index (χ2n) is 4.77. The van der Waals surface area contributed by atoms with Crippen LogP contribution < -0.4 is 4.74 Å². The number of aromatic nitrogens is 2. The second-order valence-corrected chi connectivity index (χ2v) is 5.15. The van der Waals surface area contributed by atoms with Crippen LogP contribution in [0.1, 0.15) is 11.4 Å². The van der Waals surface area contributed by atoms with Crippen LogP contribution in [0.4, 0.5) is 0 Å². The Hall–Kier alpha value is -2.04. The molecule has 0 aliphatic carbocycles. The van der Waals surface area contributed by atoms with Crippen molar-refractivity contribution in [1.29, 1.82) is 0 Å². The largest absolute Gasteiger partial charge is 0.485 e. The molecular weight excluding hydrogens is 288 g/mol. The number of aliphatic hydroxyl groups is 1. The van der Waals surface area contributed by atoms with Crippen LogP contribution in [0.5, 0.6) is 5.75 Å². The van der Waals surface area contributed by atoms with E-state index in [1.165, 1.54) is 0 Å². The molecule has 0 fully saturated rings. The smallest absolute Gasteiger partial charge is 0.147 e.